The molecular weight excluding hydrogens is 496 g/mol. The lowest BCUT2D eigenvalue weighted by atomic mass is 9.86. The Kier molecular flexibility index (Phi) is 8.21. The molecule has 6 atom stereocenters. The molecule has 0 spiro atoms. The monoisotopic (exact) mass is 532 g/mol. The zero-order chi connectivity index (χ0) is 26.9. The van der Waals surface area contributed by atoms with Gasteiger partial charge in [-0.25, -0.2) is 4.79 Å². The molecule has 1 aromatic carbocycles. The molecule has 9 heteroatoms. The summed E-state index contributed by atoms with van der Waals surface area (Å²) in [5, 5.41) is 3.31. The Balaban J connectivity index is 1.68. The SMILES string of the molecule is COc1cc2cc(c1Cl)N(C)C(=O)CC[C@@]1(C)OC1[C@H](C)C1CC(NC(=O)O1)C(OC)/C=C/C=C(\C)C2. The van der Waals surface area contributed by atoms with Crippen LogP contribution in [0.25, 0.3) is 0 Å². The van der Waals surface area contributed by atoms with Gasteiger partial charge in [0, 0.05) is 32.9 Å². The number of carbonyl (C=O) groups excluding carboxylic acids is 2. The van der Waals surface area contributed by atoms with E-state index in [4.69, 9.17) is 30.5 Å². The third kappa shape index (κ3) is 5.97. The molecule has 4 bridgehead atoms. The molecule has 8 nitrogen and oxygen atoms in total. The van der Waals surface area contributed by atoms with Crippen LogP contribution in [-0.4, -0.2) is 63.2 Å². The van der Waals surface area contributed by atoms with Crippen molar-refractivity contribution in [2.75, 3.05) is 26.2 Å². The van der Waals surface area contributed by atoms with Gasteiger partial charge in [-0.3, -0.25) is 4.79 Å². The van der Waals surface area contributed by atoms with Gasteiger partial charge in [0.15, 0.2) is 0 Å². The van der Waals surface area contributed by atoms with Crippen LogP contribution in [0.1, 0.15) is 45.6 Å². The third-order valence-electron chi connectivity index (χ3n) is 7.76. The van der Waals surface area contributed by atoms with Crippen molar-refractivity contribution in [2.24, 2.45) is 5.92 Å². The Bertz CT molecular complexity index is 1100. The third-order valence-corrected chi connectivity index (χ3v) is 8.14. The highest BCUT2D eigenvalue weighted by Crippen LogP contribution is 2.47. The van der Waals surface area contributed by atoms with Crippen LogP contribution in [0.3, 0.4) is 0 Å². The van der Waals surface area contributed by atoms with Gasteiger partial charge in [0.2, 0.25) is 5.91 Å². The molecule has 0 aliphatic carbocycles. The number of rotatable bonds is 2. The molecule has 4 unspecified atom stereocenters. The number of ether oxygens (including phenoxy) is 4. The largest absolute Gasteiger partial charge is 0.495 e. The first kappa shape index (κ1) is 27.5. The van der Waals surface area contributed by atoms with Crippen molar-refractivity contribution in [3.8, 4) is 5.75 Å². The number of benzene rings is 1. The lowest BCUT2D eigenvalue weighted by Gasteiger charge is -2.35. The highest BCUT2D eigenvalue weighted by atomic mass is 35.5. The summed E-state index contributed by atoms with van der Waals surface area (Å²) in [5.41, 5.74) is 2.22. The van der Waals surface area contributed by atoms with Gasteiger partial charge in [-0.15, -0.1) is 0 Å². The predicted octanol–water partition coefficient (Wildman–Crippen LogP) is 4.83. The van der Waals surface area contributed by atoms with Crippen LogP contribution in [-0.2, 0) is 25.4 Å². The smallest absolute Gasteiger partial charge is 0.407 e. The van der Waals surface area contributed by atoms with Crippen LogP contribution in [0.5, 0.6) is 5.75 Å². The van der Waals surface area contributed by atoms with Crippen LogP contribution >= 0.6 is 11.6 Å². The van der Waals surface area contributed by atoms with Crippen molar-refractivity contribution >= 4 is 29.3 Å². The maximum Gasteiger partial charge on any atom is 0.407 e. The fourth-order valence-electron chi connectivity index (χ4n) is 5.41. The van der Waals surface area contributed by atoms with Crippen molar-refractivity contribution in [1.29, 1.82) is 0 Å². The number of nitrogens with zero attached hydrogens (tertiary/aromatic N) is 1. The van der Waals surface area contributed by atoms with Gasteiger partial charge in [-0.05, 0) is 44.4 Å². The number of alkyl carbamates (subject to hydrolysis) is 1. The number of fused-ring (bicyclic) bond motifs is 5. The quantitative estimate of drug-likeness (QED) is 0.549. The number of hydrogen-bond acceptors (Lipinski definition) is 6. The summed E-state index contributed by atoms with van der Waals surface area (Å²) in [6, 6.07) is 3.61. The van der Waals surface area contributed by atoms with E-state index < -0.39 is 11.7 Å². The summed E-state index contributed by atoms with van der Waals surface area (Å²) >= 11 is 6.62. The lowest BCUT2D eigenvalue weighted by molar-refractivity contribution is -0.118. The molecule has 3 aliphatic heterocycles. The molecular formula is C28H37ClN2O6. The Hall–Kier alpha value is -2.55. The van der Waals surface area contributed by atoms with Crippen molar-refractivity contribution in [2.45, 2.75) is 76.4 Å². The van der Waals surface area contributed by atoms with Gasteiger partial charge in [-0.2, -0.15) is 0 Å². The number of methoxy groups -OCH3 is 2. The van der Waals surface area contributed by atoms with Gasteiger partial charge >= 0.3 is 6.09 Å². The predicted molar refractivity (Wildman–Crippen MR) is 142 cm³/mol. The minimum absolute atomic E-state index is 0.0347. The molecule has 1 aromatic rings. The molecule has 2 saturated heterocycles. The zero-order valence-electron chi connectivity index (χ0n) is 22.4. The summed E-state index contributed by atoms with van der Waals surface area (Å²) in [7, 11) is 4.94. The molecule has 0 saturated carbocycles. The van der Waals surface area contributed by atoms with E-state index in [1.807, 2.05) is 51.1 Å². The molecule has 0 aromatic heterocycles. The highest BCUT2D eigenvalue weighted by molar-refractivity contribution is 6.35. The summed E-state index contributed by atoms with van der Waals surface area (Å²) in [5.74, 6) is 0.429. The number of amides is 2. The molecule has 1 N–H and O–H groups in total. The molecule has 202 valence electrons. The Morgan fingerprint density at radius 1 is 1.24 bits per heavy atom. The Morgan fingerprint density at radius 2 is 2.00 bits per heavy atom. The second-order valence-corrected chi connectivity index (χ2v) is 10.9. The minimum atomic E-state index is -0.462. The molecule has 0 radical (unpaired) electrons. The van der Waals surface area contributed by atoms with Crippen LogP contribution < -0.4 is 15.0 Å². The maximum absolute atomic E-state index is 13.2. The van der Waals surface area contributed by atoms with Gasteiger partial charge < -0.3 is 29.2 Å². The van der Waals surface area contributed by atoms with Crippen molar-refractivity contribution in [3.63, 3.8) is 0 Å². The first-order chi connectivity index (χ1) is 17.6. The van der Waals surface area contributed by atoms with E-state index in [0.29, 0.717) is 42.1 Å². The molecule has 3 aliphatic rings. The first-order valence-corrected chi connectivity index (χ1v) is 13.1. The van der Waals surface area contributed by atoms with Crippen molar-refractivity contribution in [3.05, 3.63) is 46.5 Å². The number of nitrogens with one attached hydrogen (secondary N) is 1. The number of epoxide rings is 1. The first-order valence-electron chi connectivity index (χ1n) is 12.7. The maximum atomic E-state index is 13.2. The summed E-state index contributed by atoms with van der Waals surface area (Å²) in [6.45, 7) is 6.08. The number of allylic oxidation sites excluding steroid dienone is 3. The van der Waals surface area contributed by atoms with Crippen LogP contribution in [0.4, 0.5) is 10.5 Å². The number of hydrogen-bond donors (Lipinski definition) is 1. The zero-order valence-corrected chi connectivity index (χ0v) is 23.1. The average Bonchev–Trinajstić information content (AvgIpc) is 3.55. The number of halogens is 1. The fraction of sp³-hybridized carbons (Fsp3) is 0.571. The highest BCUT2D eigenvalue weighted by Gasteiger charge is 2.57. The van der Waals surface area contributed by atoms with Gasteiger partial charge in [-0.1, -0.05) is 42.3 Å². The van der Waals surface area contributed by atoms with Crippen LogP contribution in [0.2, 0.25) is 5.02 Å². The summed E-state index contributed by atoms with van der Waals surface area (Å²) in [6.07, 6.45) is 6.80. The minimum Gasteiger partial charge on any atom is -0.495 e. The summed E-state index contributed by atoms with van der Waals surface area (Å²) in [4.78, 5) is 27.2. The van der Waals surface area contributed by atoms with Crippen molar-refractivity contribution in [1.82, 2.24) is 5.32 Å². The van der Waals surface area contributed by atoms with E-state index in [-0.39, 0.29) is 36.2 Å². The lowest BCUT2D eigenvalue weighted by Crippen LogP contribution is -2.53. The molecule has 37 heavy (non-hydrogen) atoms. The van der Waals surface area contributed by atoms with E-state index in [1.54, 1.807) is 26.2 Å². The number of carbonyl (C=O) groups is 2. The Labute approximate surface area is 223 Å². The standard InChI is InChI=1S/C28H37ClN2O6/c1-16-8-7-9-21(34-5)19-15-22(36-27(33)30-19)17(2)26-28(3,37-26)11-10-24(32)31(4)20-13-18(12-16)14-23(35-6)25(20)29/h7-9,13-14,17,19,21-22,26H,10-12,15H2,1-6H3,(H,30,33)/b9-7+,16-8+/t17-,19?,21?,22?,26?,28-/m1/s1. The van der Waals surface area contributed by atoms with Gasteiger partial charge in [0.25, 0.3) is 0 Å². The van der Waals surface area contributed by atoms with Gasteiger partial charge in [0.05, 0.1) is 36.6 Å². The van der Waals surface area contributed by atoms with Crippen molar-refractivity contribution < 1.29 is 28.5 Å². The van der Waals surface area contributed by atoms with E-state index in [0.717, 1.165) is 11.1 Å². The summed E-state index contributed by atoms with van der Waals surface area (Å²) < 4.78 is 23.0. The van der Waals surface area contributed by atoms with E-state index in [9.17, 15) is 9.59 Å². The second kappa shape index (κ2) is 11.1. The van der Waals surface area contributed by atoms with Gasteiger partial charge in [0.1, 0.15) is 16.9 Å². The molecule has 2 fully saturated rings. The molecule has 3 heterocycles. The van der Waals surface area contributed by atoms with E-state index >= 15 is 0 Å². The average molecular weight is 533 g/mol. The number of anilines is 1. The normalized spacial score (nSPS) is 34.9. The van der Waals surface area contributed by atoms with E-state index in [1.165, 1.54) is 0 Å². The van der Waals surface area contributed by atoms with Crippen LogP contribution in [0, 0.1) is 5.92 Å². The Morgan fingerprint density at radius 3 is 2.70 bits per heavy atom. The van der Waals surface area contributed by atoms with Crippen LogP contribution in [0.15, 0.2) is 35.9 Å². The fourth-order valence-corrected chi connectivity index (χ4v) is 5.72. The second-order valence-electron chi connectivity index (χ2n) is 10.5. The topological polar surface area (TPSA) is 89.6 Å². The molecule has 4 rings (SSSR count). The molecule has 2 amide bonds. The van der Waals surface area contributed by atoms with E-state index in [2.05, 4.69) is 5.32 Å².